The van der Waals surface area contributed by atoms with Crippen LogP contribution in [-0.2, 0) is 6.54 Å². The number of nitrogens with two attached hydrogens (primary N) is 1. The molecule has 2 nitrogen and oxygen atoms in total. The average molecular weight is 329 g/mol. The molecular weight excluding hydrogens is 308 g/mol. The molecule has 1 aromatic carbocycles. The quantitative estimate of drug-likeness (QED) is 0.838. The predicted octanol–water partition coefficient (Wildman–Crippen LogP) is 3.75. The number of hydrogen-bond donors (Lipinski definition) is 1. The fourth-order valence-electron chi connectivity index (χ4n) is 2.19. The number of anilines is 1. The lowest BCUT2D eigenvalue weighted by atomic mass is 10.1. The topological polar surface area (TPSA) is 29.3 Å². The molecule has 0 unspecified atom stereocenters. The summed E-state index contributed by atoms with van der Waals surface area (Å²) in [7, 11) is 0. The first-order chi connectivity index (χ1) is 8.48. The zero-order valence-corrected chi connectivity index (χ0v) is 13.5. The van der Waals surface area contributed by atoms with E-state index in [2.05, 4.69) is 52.5 Å². The summed E-state index contributed by atoms with van der Waals surface area (Å²) in [5.74, 6) is 1.21. The Morgan fingerprint density at radius 1 is 1.39 bits per heavy atom. The van der Waals surface area contributed by atoms with Crippen LogP contribution >= 0.6 is 27.7 Å². The minimum Gasteiger partial charge on any atom is -0.398 e. The Morgan fingerprint density at radius 2 is 2.17 bits per heavy atom. The number of benzene rings is 1. The van der Waals surface area contributed by atoms with E-state index in [4.69, 9.17) is 5.73 Å². The van der Waals surface area contributed by atoms with Gasteiger partial charge in [0.25, 0.3) is 0 Å². The molecule has 1 aromatic rings. The molecule has 1 heterocycles. The van der Waals surface area contributed by atoms with Crippen molar-refractivity contribution in [2.24, 2.45) is 0 Å². The number of nitrogens with zero attached hydrogens (tertiary/aromatic N) is 1. The molecule has 0 bridgehead atoms. The molecule has 18 heavy (non-hydrogen) atoms. The van der Waals surface area contributed by atoms with Gasteiger partial charge in [-0.05, 0) is 25.1 Å². The monoisotopic (exact) mass is 328 g/mol. The highest BCUT2D eigenvalue weighted by Crippen LogP contribution is 2.32. The molecular formula is C14H21BrN2S. The van der Waals surface area contributed by atoms with Gasteiger partial charge >= 0.3 is 0 Å². The Labute approximate surface area is 122 Å². The molecule has 4 heteroatoms. The molecule has 0 atom stereocenters. The van der Waals surface area contributed by atoms with E-state index >= 15 is 0 Å². The van der Waals surface area contributed by atoms with Crippen molar-refractivity contribution < 1.29 is 0 Å². The van der Waals surface area contributed by atoms with Gasteiger partial charge in [0.05, 0.1) is 0 Å². The van der Waals surface area contributed by atoms with Crippen LogP contribution < -0.4 is 5.73 Å². The van der Waals surface area contributed by atoms with Crippen LogP contribution in [0, 0.1) is 0 Å². The summed E-state index contributed by atoms with van der Waals surface area (Å²) in [4.78, 5) is 2.51. The van der Waals surface area contributed by atoms with Gasteiger partial charge in [0.15, 0.2) is 0 Å². The van der Waals surface area contributed by atoms with Crippen molar-refractivity contribution in [1.82, 2.24) is 4.90 Å². The van der Waals surface area contributed by atoms with E-state index in [-0.39, 0.29) is 0 Å². The second-order valence-corrected chi connectivity index (χ2v) is 8.10. The molecule has 0 aromatic heterocycles. The lowest BCUT2D eigenvalue weighted by Crippen LogP contribution is -2.27. The minimum absolute atomic E-state index is 0.411. The molecule has 2 N–H and O–H groups in total. The van der Waals surface area contributed by atoms with E-state index in [9.17, 15) is 0 Å². The fraction of sp³-hybridized carbons (Fsp3) is 0.571. The maximum absolute atomic E-state index is 6.07. The van der Waals surface area contributed by atoms with E-state index < -0.39 is 0 Å². The molecule has 0 spiro atoms. The Kier molecular flexibility index (Phi) is 4.62. The van der Waals surface area contributed by atoms with E-state index in [0.29, 0.717) is 4.75 Å². The van der Waals surface area contributed by atoms with Crippen LogP contribution in [0.1, 0.15) is 25.8 Å². The molecule has 1 fully saturated rings. The summed E-state index contributed by atoms with van der Waals surface area (Å²) in [5, 5.41) is 0. The zero-order chi connectivity index (χ0) is 13.2. The van der Waals surface area contributed by atoms with E-state index in [0.717, 1.165) is 29.8 Å². The molecule has 0 amide bonds. The van der Waals surface area contributed by atoms with Crippen molar-refractivity contribution >= 4 is 33.4 Å². The average Bonchev–Trinajstić information content (AvgIpc) is 2.46. The van der Waals surface area contributed by atoms with Crippen LogP contribution in [0.2, 0.25) is 0 Å². The Bertz CT molecular complexity index is 400. The van der Waals surface area contributed by atoms with E-state index in [1.54, 1.807) is 0 Å². The first kappa shape index (κ1) is 14.2. The van der Waals surface area contributed by atoms with Gasteiger partial charge in [0.2, 0.25) is 0 Å². The Balaban J connectivity index is 2.05. The predicted molar refractivity (Wildman–Crippen MR) is 85.0 cm³/mol. The molecule has 1 saturated heterocycles. The van der Waals surface area contributed by atoms with Crippen molar-refractivity contribution in [2.45, 2.75) is 31.6 Å². The van der Waals surface area contributed by atoms with Crippen molar-refractivity contribution in [1.29, 1.82) is 0 Å². The van der Waals surface area contributed by atoms with Gasteiger partial charge in [-0.1, -0.05) is 35.8 Å². The highest BCUT2D eigenvalue weighted by Gasteiger charge is 2.24. The second-order valence-electron chi connectivity index (χ2n) is 5.44. The maximum Gasteiger partial charge on any atom is 0.0371 e. The zero-order valence-electron chi connectivity index (χ0n) is 11.1. The molecule has 0 radical (unpaired) electrons. The molecule has 100 valence electrons. The molecule has 2 rings (SSSR count). The number of nitrogen functional groups attached to an aromatic ring is 1. The largest absolute Gasteiger partial charge is 0.398 e. The lowest BCUT2D eigenvalue weighted by Gasteiger charge is -2.23. The molecule has 1 aliphatic rings. The third-order valence-corrected chi connectivity index (χ3v) is 5.58. The molecule has 0 aliphatic carbocycles. The van der Waals surface area contributed by atoms with Gasteiger partial charge in [0.1, 0.15) is 0 Å². The number of halogens is 1. The van der Waals surface area contributed by atoms with Crippen molar-refractivity contribution in [2.75, 3.05) is 24.6 Å². The lowest BCUT2D eigenvalue weighted by molar-refractivity contribution is 0.276. The van der Waals surface area contributed by atoms with Gasteiger partial charge in [-0.15, -0.1) is 0 Å². The Hall–Kier alpha value is -0.190. The van der Waals surface area contributed by atoms with Crippen molar-refractivity contribution in [3.63, 3.8) is 0 Å². The standard InChI is InChI=1S/C14H21BrN2S/c1-14(2)6-7-17(8-9-18-14)10-11-12(15)4-3-5-13(11)16/h3-5H,6-10,16H2,1-2H3. The second kappa shape index (κ2) is 5.85. The summed E-state index contributed by atoms with van der Waals surface area (Å²) in [6.45, 7) is 7.93. The fourth-order valence-corrected chi connectivity index (χ4v) is 3.83. The van der Waals surface area contributed by atoms with Crippen LogP contribution in [0.5, 0.6) is 0 Å². The number of thioether (sulfide) groups is 1. The first-order valence-electron chi connectivity index (χ1n) is 6.37. The van der Waals surface area contributed by atoms with Gasteiger partial charge in [-0.25, -0.2) is 0 Å². The Morgan fingerprint density at radius 3 is 2.89 bits per heavy atom. The third kappa shape index (κ3) is 3.65. The van der Waals surface area contributed by atoms with Crippen LogP contribution in [0.25, 0.3) is 0 Å². The van der Waals surface area contributed by atoms with E-state index in [1.165, 1.54) is 17.7 Å². The molecule has 0 saturated carbocycles. The third-order valence-electron chi connectivity index (χ3n) is 3.47. The van der Waals surface area contributed by atoms with Crippen LogP contribution in [0.3, 0.4) is 0 Å². The van der Waals surface area contributed by atoms with E-state index in [1.807, 2.05) is 12.1 Å². The SMILES string of the molecule is CC1(C)CCN(Cc2c(N)cccc2Br)CCS1. The van der Waals surface area contributed by atoms with Gasteiger partial charge in [0, 0.05) is 39.3 Å². The highest BCUT2D eigenvalue weighted by atomic mass is 79.9. The number of rotatable bonds is 2. The maximum atomic E-state index is 6.07. The van der Waals surface area contributed by atoms with Gasteiger partial charge in [-0.3, -0.25) is 4.90 Å². The minimum atomic E-state index is 0.411. The normalized spacial score (nSPS) is 20.6. The van der Waals surface area contributed by atoms with Crippen LogP contribution in [-0.4, -0.2) is 28.5 Å². The highest BCUT2D eigenvalue weighted by molar-refractivity contribution is 9.10. The first-order valence-corrected chi connectivity index (χ1v) is 8.15. The summed E-state index contributed by atoms with van der Waals surface area (Å²) in [6.07, 6.45) is 1.24. The van der Waals surface area contributed by atoms with Crippen molar-refractivity contribution in [3.8, 4) is 0 Å². The van der Waals surface area contributed by atoms with Crippen LogP contribution in [0.4, 0.5) is 5.69 Å². The summed E-state index contributed by atoms with van der Waals surface area (Å²) >= 11 is 5.68. The summed E-state index contributed by atoms with van der Waals surface area (Å²) < 4.78 is 1.53. The smallest absolute Gasteiger partial charge is 0.0371 e. The summed E-state index contributed by atoms with van der Waals surface area (Å²) in [5.41, 5.74) is 8.18. The van der Waals surface area contributed by atoms with Crippen LogP contribution in [0.15, 0.2) is 22.7 Å². The summed E-state index contributed by atoms with van der Waals surface area (Å²) in [6, 6.07) is 6.04. The van der Waals surface area contributed by atoms with Gasteiger partial charge < -0.3 is 5.73 Å². The number of hydrogen-bond acceptors (Lipinski definition) is 3. The molecule has 1 aliphatic heterocycles. The van der Waals surface area contributed by atoms with Crippen molar-refractivity contribution in [3.05, 3.63) is 28.2 Å². The van der Waals surface area contributed by atoms with Gasteiger partial charge in [-0.2, -0.15) is 11.8 Å².